The second-order valence-corrected chi connectivity index (χ2v) is 8.27. The fourth-order valence-corrected chi connectivity index (χ4v) is 3.68. The number of piperazine rings is 1. The molecule has 1 aliphatic heterocycles. The molecule has 1 heterocycles. The van der Waals surface area contributed by atoms with Gasteiger partial charge in [0.1, 0.15) is 6.54 Å². The first-order valence-corrected chi connectivity index (χ1v) is 9.97. The normalized spacial score (nSPS) is 15.6. The maximum Gasteiger partial charge on any atom is 0.416 e. The number of sulfonamides is 1. The molecular formula is C15H17ClF3N3O4S. The molecule has 1 fully saturated rings. The number of carbonyl (C=O) groups is 2. The van der Waals surface area contributed by atoms with Crippen molar-refractivity contribution in [2.75, 3.05) is 43.3 Å². The molecule has 12 heteroatoms. The summed E-state index contributed by atoms with van der Waals surface area (Å²) in [6, 6.07) is 2.26. The van der Waals surface area contributed by atoms with Gasteiger partial charge in [0.2, 0.25) is 22.3 Å². The zero-order valence-electron chi connectivity index (χ0n) is 14.2. The molecule has 2 rings (SSSR count). The van der Waals surface area contributed by atoms with Gasteiger partial charge < -0.3 is 9.80 Å². The zero-order chi connectivity index (χ0) is 20.4. The highest BCUT2D eigenvalue weighted by Gasteiger charge is 2.33. The maximum absolute atomic E-state index is 13.0. The average molecular weight is 428 g/mol. The number of rotatable bonds is 5. The Morgan fingerprint density at radius 2 is 1.85 bits per heavy atom. The molecule has 0 radical (unpaired) electrons. The lowest BCUT2D eigenvalue weighted by atomic mass is 10.2. The van der Waals surface area contributed by atoms with Crippen LogP contribution >= 0.6 is 11.6 Å². The Morgan fingerprint density at radius 3 is 2.33 bits per heavy atom. The summed E-state index contributed by atoms with van der Waals surface area (Å²) in [5.41, 5.74) is -1.50. The molecule has 1 saturated heterocycles. The molecule has 0 aromatic heterocycles. The van der Waals surface area contributed by atoms with Crippen molar-refractivity contribution in [3.63, 3.8) is 0 Å². The van der Waals surface area contributed by atoms with E-state index in [1.54, 1.807) is 0 Å². The average Bonchev–Trinajstić information content (AvgIpc) is 2.58. The van der Waals surface area contributed by atoms with E-state index in [2.05, 4.69) is 0 Å². The molecule has 1 aliphatic rings. The van der Waals surface area contributed by atoms with Crippen molar-refractivity contribution >= 4 is 39.6 Å². The summed E-state index contributed by atoms with van der Waals surface area (Å²) < 4.78 is 63.7. The van der Waals surface area contributed by atoms with E-state index in [1.807, 2.05) is 0 Å². The summed E-state index contributed by atoms with van der Waals surface area (Å²) in [6.45, 7) is 0.287. The number of benzene rings is 1. The van der Waals surface area contributed by atoms with Crippen LogP contribution in [0.1, 0.15) is 5.56 Å². The van der Waals surface area contributed by atoms with Crippen LogP contribution in [-0.2, 0) is 25.8 Å². The van der Waals surface area contributed by atoms with E-state index < -0.39 is 39.9 Å². The van der Waals surface area contributed by atoms with Crippen molar-refractivity contribution < 1.29 is 31.2 Å². The number of hydrogen-bond acceptors (Lipinski definition) is 4. The van der Waals surface area contributed by atoms with Crippen LogP contribution in [-0.4, -0.2) is 69.5 Å². The van der Waals surface area contributed by atoms with Gasteiger partial charge in [-0.05, 0) is 18.2 Å². The molecule has 27 heavy (non-hydrogen) atoms. The van der Waals surface area contributed by atoms with Gasteiger partial charge in [0.25, 0.3) is 0 Å². The Kier molecular flexibility index (Phi) is 6.25. The first-order chi connectivity index (χ1) is 12.4. The molecule has 7 nitrogen and oxygen atoms in total. The number of nitrogens with zero attached hydrogens (tertiary/aromatic N) is 3. The third-order valence-electron chi connectivity index (χ3n) is 4.04. The summed E-state index contributed by atoms with van der Waals surface area (Å²) in [7, 11) is -4.08. The summed E-state index contributed by atoms with van der Waals surface area (Å²) >= 11 is 5.91. The molecule has 150 valence electrons. The highest BCUT2D eigenvalue weighted by Crippen LogP contribution is 2.36. The molecule has 2 amide bonds. The highest BCUT2D eigenvalue weighted by molar-refractivity contribution is 7.92. The number of halogens is 4. The van der Waals surface area contributed by atoms with E-state index in [0.717, 1.165) is 18.4 Å². The summed E-state index contributed by atoms with van der Waals surface area (Å²) in [6.07, 6.45) is -3.27. The Labute approximate surface area is 159 Å². The zero-order valence-corrected chi connectivity index (χ0v) is 15.8. The molecule has 0 N–H and O–H groups in total. The number of amides is 2. The van der Waals surface area contributed by atoms with Gasteiger partial charge in [0.05, 0.1) is 22.5 Å². The lowest BCUT2D eigenvalue weighted by molar-refractivity contribution is -0.137. The minimum Gasteiger partial charge on any atom is -0.342 e. The molecule has 0 atom stereocenters. The number of anilines is 1. The van der Waals surface area contributed by atoms with Gasteiger partial charge in [-0.25, -0.2) is 8.42 Å². The number of carbonyl (C=O) groups excluding carboxylic acids is 2. The molecular weight excluding hydrogens is 411 g/mol. The smallest absolute Gasteiger partial charge is 0.342 e. The molecule has 0 saturated carbocycles. The lowest BCUT2D eigenvalue weighted by Crippen LogP contribution is -2.51. The van der Waals surface area contributed by atoms with Crippen LogP contribution in [0.3, 0.4) is 0 Å². The highest BCUT2D eigenvalue weighted by atomic mass is 35.5. The predicted molar refractivity (Wildman–Crippen MR) is 92.9 cm³/mol. The third-order valence-corrected chi connectivity index (χ3v) is 5.48. The van der Waals surface area contributed by atoms with Crippen molar-refractivity contribution in [1.29, 1.82) is 0 Å². The topological polar surface area (TPSA) is 78.0 Å². The van der Waals surface area contributed by atoms with Crippen LogP contribution < -0.4 is 4.31 Å². The second-order valence-electron chi connectivity index (χ2n) is 5.96. The van der Waals surface area contributed by atoms with Gasteiger partial charge in [-0.3, -0.25) is 13.9 Å². The van der Waals surface area contributed by atoms with Crippen LogP contribution in [0, 0.1) is 0 Å². The van der Waals surface area contributed by atoms with Gasteiger partial charge in [-0.15, -0.1) is 0 Å². The van der Waals surface area contributed by atoms with Crippen molar-refractivity contribution in [2.24, 2.45) is 0 Å². The summed E-state index contributed by atoms with van der Waals surface area (Å²) in [5.74, 6) is -0.598. The SMILES string of the molecule is CS(=O)(=O)N(CC(=O)N1CCN(C=O)CC1)c1cc(C(F)(F)F)ccc1Cl. The number of hydrogen-bond donors (Lipinski definition) is 0. The third kappa shape index (κ3) is 5.25. The van der Waals surface area contributed by atoms with Crippen molar-refractivity contribution in [3.8, 4) is 0 Å². The van der Waals surface area contributed by atoms with Crippen LogP contribution in [0.25, 0.3) is 0 Å². The summed E-state index contributed by atoms with van der Waals surface area (Å²) in [5, 5.41) is -0.230. The van der Waals surface area contributed by atoms with E-state index in [4.69, 9.17) is 11.6 Å². The van der Waals surface area contributed by atoms with Gasteiger partial charge >= 0.3 is 6.18 Å². The van der Waals surface area contributed by atoms with E-state index in [1.165, 1.54) is 9.80 Å². The molecule has 0 aliphatic carbocycles. The minimum absolute atomic E-state index is 0.200. The van der Waals surface area contributed by atoms with Crippen molar-refractivity contribution in [2.45, 2.75) is 6.18 Å². The Morgan fingerprint density at radius 1 is 1.26 bits per heavy atom. The first kappa shape index (κ1) is 21.3. The van der Waals surface area contributed by atoms with Gasteiger partial charge in [0.15, 0.2) is 0 Å². The predicted octanol–water partition coefficient (Wildman–Crippen LogP) is 1.43. The fraction of sp³-hybridized carbons (Fsp3) is 0.467. The molecule has 0 spiro atoms. The van der Waals surface area contributed by atoms with Crippen LogP contribution in [0.5, 0.6) is 0 Å². The van der Waals surface area contributed by atoms with Gasteiger partial charge in [0, 0.05) is 26.2 Å². The van der Waals surface area contributed by atoms with Crippen molar-refractivity contribution in [1.82, 2.24) is 9.80 Å². The fourth-order valence-electron chi connectivity index (χ4n) is 2.56. The maximum atomic E-state index is 13.0. The summed E-state index contributed by atoms with van der Waals surface area (Å²) in [4.78, 5) is 26.0. The number of alkyl halides is 3. The van der Waals surface area contributed by atoms with Gasteiger partial charge in [-0.2, -0.15) is 13.2 Å². The molecule has 0 bridgehead atoms. The van der Waals surface area contributed by atoms with Crippen LogP contribution in [0.2, 0.25) is 5.02 Å². The Bertz CT molecular complexity index is 824. The van der Waals surface area contributed by atoms with Crippen LogP contribution in [0.4, 0.5) is 18.9 Å². The van der Waals surface area contributed by atoms with Crippen molar-refractivity contribution in [3.05, 3.63) is 28.8 Å². The second kappa shape index (κ2) is 7.93. The van der Waals surface area contributed by atoms with E-state index in [-0.39, 0.29) is 18.1 Å². The molecule has 1 aromatic rings. The van der Waals surface area contributed by atoms with Crippen LogP contribution in [0.15, 0.2) is 18.2 Å². The quantitative estimate of drug-likeness (QED) is 0.666. The van der Waals surface area contributed by atoms with E-state index in [9.17, 15) is 31.2 Å². The monoisotopic (exact) mass is 427 g/mol. The van der Waals surface area contributed by atoms with Gasteiger partial charge in [-0.1, -0.05) is 11.6 Å². The lowest BCUT2D eigenvalue weighted by Gasteiger charge is -2.34. The molecule has 1 aromatic carbocycles. The Balaban J connectivity index is 2.30. The Hall–Kier alpha value is -2.01. The molecule has 0 unspecified atom stereocenters. The van der Waals surface area contributed by atoms with E-state index >= 15 is 0 Å². The van der Waals surface area contributed by atoms with E-state index in [0.29, 0.717) is 29.9 Å². The first-order valence-electron chi connectivity index (χ1n) is 7.75. The minimum atomic E-state index is -4.70. The largest absolute Gasteiger partial charge is 0.416 e. The standard InChI is InChI=1S/C15H17ClF3N3O4S/c1-27(25,26)22(9-14(24)21-6-4-20(10-23)5-7-21)13-8-11(15(17,18)19)2-3-12(13)16/h2-3,8,10H,4-7,9H2,1H3.